The molecule has 0 aliphatic rings. The summed E-state index contributed by atoms with van der Waals surface area (Å²) in [6.45, 7) is 5.97. The second-order valence-corrected chi connectivity index (χ2v) is 4.49. The summed E-state index contributed by atoms with van der Waals surface area (Å²) in [5.74, 6) is -0.0431. The van der Waals surface area contributed by atoms with E-state index in [0.29, 0.717) is 0 Å². The number of benzene rings is 1. The Morgan fingerprint density at radius 2 is 1.83 bits per heavy atom. The molecule has 3 heteroatoms. The number of nitrogens with zero attached hydrogens (tertiary/aromatic N) is 1. The van der Waals surface area contributed by atoms with Gasteiger partial charge < -0.3 is 5.32 Å². The van der Waals surface area contributed by atoms with E-state index in [0.717, 1.165) is 24.0 Å². The van der Waals surface area contributed by atoms with Gasteiger partial charge in [0.25, 0.3) is 0 Å². The van der Waals surface area contributed by atoms with Crippen LogP contribution < -0.4 is 5.32 Å². The third kappa shape index (κ3) is 3.59. The van der Waals surface area contributed by atoms with Crippen LogP contribution in [0.1, 0.15) is 43.9 Å². The van der Waals surface area contributed by atoms with Gasteiger partial charge in [-0.2, -0.15) is 5.26 Å². The lowest BCUT2D eigenvalue weighted by molar-refractivity contribution is -0.125. The molecule has 1 atom stereocenters. The fourth-order valence-electron chi connectivity index (χ4n) is 1.87. The van der Waals surface area contributed by atoms with Crippen LogP contribution in [-0.2, 0) is 4.79 Å². The third-order valence-electron chi connectivity index (χ3n) is 3.18. The van der Waals surface area contributed by atoms with Gasteiger partial charge in [0, 0.05) is 5.92 Å². The van der Waals surface area contributed by atoms with Crippen molar-refractivity contribution in [1.29, 1.82) is 5.26 Å². The monoisotopic (exact) mass is 244 g/mol. The van der Waals surface area contributed by atoms with Crippen molar-refractivity contribution in [2.24, 2.45) is 5.92 Å². The van der Waals surface area contributed by atoms with Crippen molar-refractivity contribution < 1.29 is 4.79 Å². The second-order valence-electron chi connectivity index (χ2n) is 4.49. The molecule has 1 amide bonds. The van der Waals surface area contributed by atoms with Crippen molar-refractivity contribution in [2.75, 3.05) is 0 Å². The number of nitrogens with one attached hydrogen (secondary N) is 1. The van der Waals surface area contributed by atoms with E-state index in [1.165, 1.54) is 0 Å². The Hall–Kier alpha value is -1.82. The first-order valence-electron chi connectivity index (χ1n) is 6.38. The van der Waals surface area contributed by atoms with Crippen LogP contribution in [0.25, 0.3) is 0 Å². The summed E-state index contributed by atoms with van der Waals surface area (Å²) in [7, 11) is 0. The van der Waals surface area contributed by atoms with E-state index in [1.54, 1.807) is 0 Å². The predicted molar refractivity (Wildman–Crippen MR) is 71.7 cm³/mol. The van der Waals surface area contributed by atoms with Gasteiger partial charge >= 0.3 is 0 Å². The smallest absolute Gasteiger partial charge is 0.224 e. The molecule has 96 valence electrons. The van der Waals surface area contributed by atoms with Gasteiger partial charge in [0.2, 0.25) is 5.91 Å². The number of rotatable bonds is 5. The molecule has 0 aliphatic heterocycles. The van der Waals surface area contributed by atoms with Crippen molar-refractivity contribution in [3.8, 4) is 6.07 Å². The van der Waals surface area contributed by atoms with Gasteiger partial charge in [0.15, 0.2) is 0 Å². The maximum atomic E-state index is 12.0. The highest BCUT2D eigenvalue weighted by Gasteiger charge is 2.19. The molecular weight excluding hydrogens is 224 g/mol. The molecule has 1 N–H and O–H groups in total. The van der Waals surface area contributed by atoms with Crippen molar-refractivity contribution in [3.05, 3.63) is 35.4 Å². The molecule has 0 spiro atoms. The highest BCUT2D eigenvalue weighted by atomic mass is 16.1. The van der Waals surface area contributed by atoms with E-state index in [2.05, 4.69) is 11.4 Å². The van der Waals surface area contributed by atoms with E-state index in [4.69, 9.17) is 5.26 Å². The summed E-state index contributed by atoms with van der Waals surface area (Å²) in [6, 6.07) is 9.25. The second kappa shape index (κ2) is 6.80. The average Bonchev–Trinajstić information content (AvgIpc) is 2.38. The molecule has 1 aromatic rings. The summed E-state index contributed by atoms with van der Waals surface area (Å²) in [6.07, 6.45) is 1.60. The van der Waals surface area contributed by atoms with Gasteiger partial charge in [0.1, 0.15) is 6.04 Å². The maximum Gasteiger partial charge on any atom is 0.224 e. The zero-order valence-electron chi connectivity index (χ0n) is 11.2. The lowest BCUT2D eigenvalue weighted by Gasteiger charge is -2.17. The third-order valence-corrected chi connectivity index (χ3v) is 3.18. The fourth-order valence-corrected chi connectivity index (χ4v) is 1.87. The minimum atomic E-state index is -0.557. The SMILES string of the molecule is CCC(CC)C(=O)NC(C#N)c1ccc(C)cc1. The van der Waals surface area contributed by atoms with Crippen molar-refractivity contribution in [1.82, 2.24) is 5.32 Å². The van der Waals surface area contributed by atoms with Crippen LogP contribution in [0.3, 0.4) is 0 Å². The lowest BCUT2D eigenvalue weighted by atomic mass is 10.0. The van der Waals surface area contributed by atoms with Crippen LogP contribution >= 0.6 is 0 Å². The molecule has 1 rings (SSSR count). The molecule has 0 radical (unpaired) electrons. The highest BCUT2D eigenvalue weighted by molar-refractivity contribution is 5.79. The molecule has 1 aromatic carbocycles. The summed E-state index contributed by atoms with van der Waals surface area (Å²) < 4.78 is 0. The molecule has 1 unspecified atom stereocenters. The van der Waals surface area contributed by atoms with Crippen molar-refractivity contribution in [2.45, 2.75) is 39.7 Å². The molecule has 0 saturated carbocycles. The molecule has 0 saturated heterocycles. The molecule has 18 heavy (non-hydrogen) atoms. The molecular formula is C15H20N2O. The van der Waals surface area contributed by atoms with Gasteiger partial charge in [-0.3, -0.25) is 4.79 Å². The van der Waals surface area contributed by atoms with Crippen LogP contribution in [0.2, 0.25) is 0 Å². The Balaban J connectivity index is 2.77. The van der Waals surface area contributed by atoms with E-state index in [9.17, 15) is 4.79 Å². The lowest BCUT2D eigenvalue weighted by Crippen LogP contribution is -2.33. The fraction of sp³-hybridized carbons (Fsp3) is 0.467. The Labute approximate surface area is 109 Å². The van der Waals surface area contributed by atoms with Gasteiger partial charge in [0.05, 0.1) is 6.07 Å². The topological polar surface area (TPSA) is 52.9 Å². The van der Waals surface area contributed by atoms with E-state index in [1.807, 2.05) is 45.0 Å². The number of carbonyl (C=O) groups excluding carboxylic acids is 1. The summed E-state index contributed by atoms with van der Waals surface area (Å²) in [5.41, 5.74) is 1.98. The highest BCUT2D eigenvalue weighted by Crippen LogP contribution is 2.15. The Morgan fingerprint density at radius 1 is 1.28 bits per heavy atom. The number of hydrogen-bond donors (Lipinski definition) is 1. The van der Waals surface area contributed by atoms with E-state index < -0.39 is 6.04 Å². The maximum absolute atomic E-state index is 12.0. The van der Waals surface area contributed by atoms with Crippen LogP contribution in [0.4, 0.5) is 0 Å². The van der Waals surface area contributed by atoms with Crippen LogP contribution in [0.5, 0.6) is 0 Å². The molecule has 3 nitrogen and oxygen atoms in total. The largest absolute Gasteiger partial charge is 0.336 e. The number of nitriles is 1. The van der Waals surface area contributed by atoms with Gasteiger partial charge in [-0.25, -0.2) is 0 Å². The molecule has 0 fully saturated rings. The van der Waals surface area contributed by atoms with Crippen molar-refractivity contribution in [3.63, 3.8) is 0 Å². The zero-order valence-corrected chi connectivity index (χ0v) is 11.2. The first-order valence-corrected chi connectivity index (χ1v) is 6.38. The average molecular weight is 244 g/mol. The first-order chi connectivity index (χ1) is 8.62. The molecule has 0 aromatic heterocycles. The number of hydrogen-bond acceptors (Lipinski definition) is 2. The van der Waals surface area contributed by atoms with Crippen LogP contribution in [0.15, 0.2) is 24.3 Å². The summed E-state index contributed by atoms with van der Waals surface area (Å²) in [5, 5.41) is 12.0. The number of aryl methyl sites for hydroxylation is 1. The minimum absolute atomic E-state index is 0.00806. The Morgan fingerprint density at radius 3 is 2.28 bits per heavy atom. The van der Waals surface area contributed by atoms with Crippen LogP contribution in [-0.4, -0.2) is 5.91 Å². The standard InChI is InChI=1S/C15H20N2O/c1-4-12(5-2)15(18)17-14(10-16)13-8-6-11(3)7-9-13/h6-9,12,14H,4-5H2,1-3H3,(H,17,18). The number of carbonyl (C=O) groups is 1. The quantitative estimate of drug-likeness (QED) is 0.865. The first kappa shape index (κ1) is 14.2. The van der Waals surface area contributed by atoms with Gasteiger partial charge in [-0.05, 0) is 25.3 Å². The Bertz CT molecular complexity index is 427. The normalized spacial score (nSPS) is 11.9. The molecule has 0 aliphatic carbocycles. The zero-order chi connectivity index (χ0) is 13.5. The summed E-state index contributed by atoms with van der Waals surface area (Å²) >= 11 is 0. The Kier molecular flexibility index (Phi) is 5.38. The minimum Gasteiger partial charge on any atom is -0.336 e. The van der Waals surface area contributed by atoms with E-state index >= 15 is 0 Å². The van der Waals surface area contributed by atoms with Crippen molar-refractivity contribution >= 4 is 5.91 Å². The van der Waals surface area contributed by atoms with Gasteiger partial charge in [-0.1, -0.05) is 43.7 Å². The number of amides is 1. The molecule has 0 bridgehead atoms. The summed E-state index contributed by atoms with van der Waals surface area (Å²) in [4.78, 5) is 12.0. The van der Waals surface area contributed by atoms with Crippen LogP contribution in [0, 0.1) is 24.2 Å². The van der Waals surface area contributed by atoms with Gasteiger partial charge in [-0.15, -0.1) is 0 Å². The molecule has 0 heterocycles. The predicted octanol–water partition coefficient (Wildman–Crippen LogP) is 3.11. The van der Waals surface area contributed by atoms with E-state index in [-0.39, 0.29) is 11.8 Å².